The van der Waals surface area contributed by atoms with Crippen LogP contribution in [0.2, 0.25) is 5.15 Å². The average Bonchev–Trinajstić information content (AvgIpc) is 2.46. The molecule has 1 aliphatic rings. The van der Waals surface area contributed by atoms with Gasteiger partial charge >= 0.3 is 0 Å². The molecule has 0 spiro atoms. The summed E-state index contributed by atoms with van der Waals surface area (Å²) in [6, 6.07) is 8.16. The van der Waals surface area contributed by atoms with E-state index in [4.69, 9.17) is 11.6 Å². The minimum absolute atomic E-state index is 0.465. The van der Waals surface area contributed by atoms with E-state index in [0.717, 1.165) is 37.6 Å². The number of anilines is 2. The van der Waals surface area contributed by atoms with Gasteiger partial charge in [-0.25, -0.2) is 9.97 Å². The van der Waals surface area contributed by atoms with E-state index in [0.29, 0.717) is 11.0 Å². The Kier molecular flexibility index (Phi) is 4.08. The number of rotatable bonds is 3. The van der Waals surface area contributed by atoms with Crippen molar-refractivity contribution in [1.82, 2.24) is 14.9 Å². The van der Waals surface area contributed by atoms with Gasteiger partial charge in [-0.05, 0) is 37.1 Å². The molecule has 1 aromatic carbocycles. The smallest absolute Gasteiger partial charge is 0.135 e. The number of hydrogen-bond acceptors (Lipinski definition) is 4. The predicted octanol–water partition coefficient (Wildman–Crippen LogP) is 3.56. The maximum absolute atomic E-state index is 6.00. The predicted molar refractivity (Wildman–Crippen MR) is 86.2 cm³/mol. The van der Waals surface area contributed by atoms with Crippen LogP contribution in [0.3, 0.4) is 0 Å². The lowest BCUT2D eigenvalue weighted by molar-refractivity contribution is 0.268. The van der Waals surface area contributed by atoms with E-state index in [2.05, 4.69) is 45.3 Å². The second-order valence-electron chi connectivity index (χ2n) is 5.31. The van der Waals surface area contributed by atoms with E-state index in [1.807, 2.05) is 6.92 Å². The Balaban J connectivity index is 1.90. The van der Waals surface area contributed by atoms with E-state index >= 15 is 0 Å². The maximum atomic E-state index is 6.00. The van der Waals surface area contributed by atoms with Gasteiger partial charge in [0.15, 0.2) is 0 Å². The van der Waals surface area contributed by atoms with Crippen LogP contribution in [0.4, 0.5) is 11.5 Å². The van der Waals surface area contributed by atoms with Gasteiger partial charge in [-0.1, -0.05) is 30.7 Å². The zero-order chi connectivity index (χ0) is 14.8. The topological polar surface area (TPSA) is 41.0 Å². The first-order valence-corrected chi connectivity index (χ1v) is 7.65. The lowest BCUT2D eigenvalue weighted by Crippen LogP contribution is -2.30. The summed E-state index contributed by atoms with van der Waals surface area (Å²) in [4.78, 5) is 10.9. The van der Waals surface area contributed by atoms with Gasteiger partial charge in [-0.3, -0.25) is 4.90 Å². The Morgan fingerprint density at radius 1 is 1.33 bits per heavy atom. The molecule has 4 nitrogen and oxygen atoms in total. The van der Waals surface area contributed by atoms with Crippen LogP contribution in [0.1, 0.15) is 23.9 Å². The van der Waals surface area contributed by atoms with Gasteiger partial charge in [-0.2, -0.15) is 0 Å². The zero-order valence-electron chi connectivity index (χ0n) is 12.4. The Morgan fingerprint density at radius 2 is 2.19 bits per heavy atom. The molecule has 2 aromatic rings. The molecule has 0 bridgehead atoms. The number of benzene rings is 1. The van der Waals surface area contributed by atoms with Gasteiger partial charge in [0, 0.05) is 24.8 Å². The highest BCUT2D eigenvalue weighted by Gasteiger charge is 2.17. The van der Waals surface area contributed by atoms with Crippen molar-refractivity contribution in [3.63, 3.8) is 0 Å². The van der Waals surface area contributed by atoms with E-state index in [-0.39, 0.29) is 0 Å². The minimum Gasteiger partial charge on any atom is -0.340 e. The molecule has 0 saturated heterocycles. The molecule has 110 valence electrons. The Hall–Kier alpha value is -1.65. The maximum Gasteiger partial charge on any atom is 0.135 e. The van der Waals surface area contributed by atoms with Crippen molar-refractivity contribution < 1.29 is 0 Å². The second kappa shape index (κ2) is 6.00. The highest BCUT2D eigenvalue weighted by molar-refractivity contribution is 6.29. The van der Waals surface area contributed by atoms with Gasteiger partial charge < -0.3 is 5.32 Å². The largest absolute Gasteiger partial charge is 0.340 e. The fraction of sp³-hybridized carbons (Fsp3) is 0.375. The number of fused-ring (bicyclic) bond motifs is 1. The SMILES string of the molecule is CCN1CCc2c(cccc2Nc2cc(Cl)nc(C)n2)C1. The highest BCUT2D eigenvalue weighted by Crippen LogP contribution is 2.28. The molecule has 0 saturated carbocycles. The number of halogens is 1. The van der Waals surface area contributed by atoms with Crippen LogP contribution in [-0.2, 0) is 13.0 Å². The van der Waals surface area contributed by atoms with Crippen molar-refractivity contribution in [1.29, 1.82) is 0 Å². The number of aromatic nitrogens is 2. The molecule has 2 heterocycles. The molecule has 21 heavy (non-hydrogen) atoms. The number of aryl methyl sites for hydroxylation is 1. The summed E-state index contributed by atoms with van der Waals surface area (Å²) in [5, 5.41) is 3.86. The summed E-state index contributed by atoms with van der Waals surface area (Å²) < 4.78 is 0. The summed E-state index contributed by atoms with van der Waals surface area (Å²) in [5.74, 6) is 1.42. The number of hydrogen-bond donors (Lipinski definition) is 1. The molecule has 0 fully saturated rings. The van der Waals surface area contributed by atoms with Gasteiger partial charge in [0.1, 0.15) is 16.8 Å². The number of nitrogens with zero attached hydrogens (tertiary/aromatic N) is 3. The number of nitrogens with one attached hydrogen (secondary N) is 1. The normalized spacial score (nSPS) is 14.8. The third-order valence-electron chi connectivity index (χ3n) is 3.86. The van der Waals surface area contributed by atoms with Gasteiger partial charge in [0.2, 0.25) is 0 Å². The van der Waals surface area contributed by atoms with Crippen LogP contribution in [0.25, 0.3) is 0 Å². The van der Waals surface area contributed by atoms with E-state index < -0.39 is 0 Å². The van der Waals surface area contributed by atoms with Crippen molar-refractivity contribution in [3.05, 3.63) is 46.4 Å². The van der Waals surface area contributed by atoms with E-state index in [1.54, 1.807) is 6.07 Å². The molecule has 1 N–H and O–H groups in total. The van der Waals surface area contributed by atoms with Crippen LogP contribution in [-0.4, -0.2) is 28.0 Å². The molecular weight excluding hydrogens is 284 g/mol. The lowest BCUT2D eigenvalue weighted by atomic mass is 9.98. The van der Waals surface area contributed by atoms with Gasteiger partial charge in [0.25, 0.3) is 0 Å². The zero-order valence-corrected chi connectivity index (χ0v) is 13.1. The molecule has 3 rings (SSSR count). The molecule has 0 aliphatic carbocycles. The Bertz CT molecular complexity index is 636. The fourth-order valence-corrected chi connectivity index (χ4v) is 3.01. The van der Waals surface area contributed by atoms with Gasteiger partial charge in [-0.15, -0.1) is 0 Å². The molecule has 1 aliphatic heterocycles. The van der Waals surface area contributed by atoms with Crippen molar-refractivity contribution in [2.45, 2.75) is 26.8 Å². The summed E-state index contributed by atoms with van der Waals surface area (Å²) >= 11 is 6.00. The quantitative estimate of drug-likeness (QED) is 0.880. The Labute approximate surface area is 130 Å². The molecule has 5 heteroatoms. The third kappa shape index (κ3) is 3.17. The fourth-order valence-electron chi connectivity index (χ4n) is 2.79. The first-order valence-electron chi connectivity index (χ1n) is 7.27. The van der Waals surface area contributed by atoms with Crippen LogP contribution in [0.5, 0.6) is 0 Å². The number of likely N-dealkylation sites (N-methyl/N-ethyl adjacent to an activating group) is 1. The highest BCUT2D eigenvalue weighted by atomic mass is 35.5. The van der Waals surface area contributed by atoms with E-state index in [9.17, 15) is 0 Å². The molecular formula is C16H19ClN4. The molecule has 0 amide bonds. The monoisotopic (exact) mass is 302 g/mol. The summed E-state index contributed by atoms with van der Waals surface area (Å²) in [7, 11) is 0. The van der Waals surface area contributed by atoms with Crippen molar-refractivity contribution >= 4 is 23.1 Å². The first-order chi connectivity index (χ1) is 10.2. The van der Waals surface area contributed by atoms with Crippen LogP contribution in [0.15, 0.2) is 24.3 Å². The van der Waals surface area contributed by atoms with E-state index in [1.165, 1.54) is 11.1 Å². The van der Waals surface area contributed by atoms with Crippen molar-refractivity contribution in [2.24, 2.45) is 0 Å². The molecule has 0 atom stereocenters. The minimum atomic E-state index is 0.465. The first kappa shape index (κ1) is 14.3. The van der Waals surface area contributed by atoms with Crippen molar-refractivity contribution in [3.8, 4) is 0 Å². The molecule has 0 unspecified atom stereocenters. The standard InChI is InChI=1S/C16H19ClN4/c1-3-21-8-7-13-12(10-21)5-4-6-14(13)20-16-9-15(17)18-11(2)19-16/h4-6,9H,3,7-8,10H2,1-2H3,(H,18,19,20). The van der Waals surface area contributed by atoms with Crippen LogP contribution in [0, 0.1) is 6.92 Å². The van der Waals surface area contributed by atoms with Crippen molar-refractivity contribution in [2.75, 3.05) is 18.4 Å². The summed E-state index contributed by atoms with van der Waals surface area (Å²) in [6.07, 6.45) is 1.06. The van der Waals surface area contributed by atoms with Gasteiger partial charge in [0.05, 0.1) is 0 Å². The summed E-state index contributed by atoms with van der Waals surface area (Å²) in [6.45, 7) is 7.27. The third-order valence-corrected chi connectivity index (χ3v) is 4.06. The Morgan fingerprint density at radius 3 is 2.95 bits per heavy atom. The summed E-state index contributed by atoms with van der Waals surface area (Å²) in [5.41, 5.74) is 3.90. The van der Waals surface area contributed by atoms with Crippen LogP contribution < -0.4 is 5.32 Å². The average molecular weight is 303 g/mol. The molecule has 1 aromatic heterocycles. The lowest BCUT2D eigenvalue weighted by Gasteiger charge is -2.29. The van der Waals surface area contributed by atoms with Crippen LogP contribution >= 0.6 is 11.6 Å². The second-order valence-corrected chi connectivity index (χ2v) is 5.70. The molecule has 0 radical (unpaired) electrons.